The Morgan fingerprint density at radius 1 is 0.860 bits per heavy atom. The molecule has 270 valence electrons. The van der Waals surface area contributed by atoms with E-state index in [2.05, 4.69) is 25.6 Å². The van der Waals surface area contributed by atoms with Gasteiger partial charge in [0.2, 0.25) is 10.0 Å². The van der Waals surface area contributed by atoms with Crippen molar-refractivity contribution in [2.24, 2.45) is 0 Å². The second kappa shape index (κ2) is 18.2. The number of methoxy groups -OCH3 is 1. The predicted molar refractivity (Wildman–Crippen MR) is 200 cm³/mol. The van der Waals surface area contributed by atoms with Crippen molar-refractivity contribution < 1.29 is 32.6 Å². The van der Waals surface area contributed by atoms with Gasteiger partial charge in [0.1, 0.15) is 5.75 Å². The van der Waals surface area contributed by atoms with Gasteiger partial charge in [-0.1, -0.05) is 24.9 Å². The molecule has 3 aromatic rings. The number of amides is 4. The summed E-state index contributed by atoms with van der Waals surface area (Å²) in [5, 5.41) is 20.2. The molecule has 0 fully saturated rings. The van der Waals surface area contributed by atoms with Gasteiger partial charge in [0, 0.05) is 43.0 Å². The fourth-order valence-electron chi connectivity index (χ4n) is 4.99. The van der Waals surface area contributed by atoms with Gasteiger partial charge in [-0.3, -0.25) is 19.2 Å². The Balaban J connectivity index is 2.32. The highest BCUT2D eigenvalue weighted by molar-refractivity contribution is 7.92. The van der Waals surface area contributed by atoms with E-state index in [1.807, 2.05) is 20.8 Å². The summed E-state index contributed by atoms with van der Waals surface area (Å²) in [6, 6.07) is 14.6. The summed E-state index contributed by atoms with van der Waals surface area (Å²) in [6.45, 7) is 9.89. The Morgan fingerprint density at radius 2 is 1.48 bits per heavy atom. The van der Waals surface area contributed by atoms with Crippen molar-refractivity contribution in [2.45, 2.75) is 40.5 Å². The fourth-order valence-corrected chi connectivity index (χ4v) is 5.72. The van der Waals surface area contributed by atoms with Crippen LogP contribution in [0.1, 0.15) is 56.5 Å². The number of anilines is 4. The molecule has 0 saturated carbocycles. The normalized spacial score (nSPS) is 11.6. The maximum atomic E-state index is 14.4. The SMILES string of the molecule is CCCCNC(=O)N(/C(C(=O)Nc1cc(C(=O)NCC)ccc1Cl)=C(/O)c1ccc(OC)c(NS(C)(=O)=O)c1)c1ccc(N(CC)CC)cc1. The molecular formula is C35H45ClN6O7S. The van der Waals surface area contributed by atoms with Crippen LogP contribution in [-0.4, -0.2) is 70.9 Å². The molecule has 4 amide bonds. The van der Waals surface area contributed by atoms with Crippen molar-refractivity contribution in [1.82, 2.24) is 10.6 Å². The third-order valence-electron chi connectivity index (χ3n) is 7.49. The minimum atomic E-state index is -3.78. The molecule has 5 N–H and O–H groups in total. The van der Waals surface area contributed by atoms with E-state index in [-0.39, 0.29) is 45.5 Å². The molecule has 0 heterocycles. The number of urea groups is 1. The number of hydrogen-bond acceptors (Lipinski definition) is 8. The molecule has 0 spiro atoms. The number of unbranched alkanes of at least 4 members (excludes halogenated alkanes) is 1. The summed E-state index contributed by atoms with van der Waals surface area (Å²) in [5.74, 6) is -1.87. The van der Waals surface area contributed by atoms with Crippen molar-refractivity contribution in [3.05, 3.63) is 82.5 Å². The van der Waals surface area contributed by atoms with Gasteiger partial charge in [-0.15, -0.1) is 0 Å². The number of nitrogens with zero attached hydrogens (tertiary/aromatic N) is 2. The minimum absolute atomic E-state index is 0.0148. The van der Waals surface area contributed by atoms with E-state index < -0.39 is 39.3 Å². The number of carbonyl (C=O) groups is 3. The van der Waals surface area contributed by atoms with Crippen LogP contribution in [0.5, 0.6) is 5.75 Å². The molecule has 0 saturated heterocycles. The Hall–Kier alpha value is -4.95. The van der Waals surface area contributed by atoms with Gasteiger partial charge in [-0.2, -0.15) is 0 Å². The molecule has 0 aliphatic carbocycles. The van der Waals surface area contributed by atoms with Crippen LogP contribution in [0.25, 0.3) is 5.76 Å². The zero-order chi connectivity index (χ0) is 37.0. The molecule has 0 aliphatic rings. The highest BCUT2D eigenvalue weighted by Crippen LogP contribution is 2.33. The maximum absolute atomic E-state index is 14.4. The van der Waals surface area contributed by atoms with Crippen molar-refractivity contribution in [1.29, 1.82) is 0 Å². The van der Waals surface area contributed by atoms with Gasteiger partial charge in [0.25, 0.3) is 11.8 Å². The molecule has 0 atom stereocenters. The lowest BCUT2D eigenvalue weighted by atomic mass is 10.1. The molecule has 13 nitrogen and oxygen atoms in total. The quantitative estimate of drug-likeness (QED) is 0.0660. The molecule has 0 radical (unpaired) electrons. The number of sulfonamides is 1. The lowest BCUT2D eigenvalue weighted by molar-refractivity contribution is -0.112. The Morgan fingerprint density at radius 3 is 2.06 bits per heavy atom. The summed E-state index contributed by atoms with van der Waals surface area (Å²) >= 11 is 6.46. The highest BCUT2D eigenvalue weighted by atomic mass is 35.5. The van der Waals surface area contributed by atoms with Crippen LogP contribution < -0.4 is 35.2 Å². The lowest BCUT2D eigenvalue weighted by Gasteiger charge is -2.28. The maximum Gasteiger partial charge on any atom is 0.326 e. The smallest absolute Gasteiger partial charge is 0.326 e. The van der Waals surface area contributed by atoms with E-state index >= 15 is 0 Å². The molecule has 0 unspecified atom stereocenters. The fraction of sp³-hybridized carbons (Fsp3) is 0.343. The van der Waals surface area contributed by atoms with Gasteiger partial charge >= 0.3 is 6.03 Å². The zero-order valence-corrected chi connectivity index (χ0v) is 30.7. The van der Waals surface area contributed by atoms with E-state index in [0.29, 0.717) is 13.0 Å². The largest absolute Gasteiger partial charge is 0.505 e. The first-order valence-electron chi connectivity index (χ1n) is 16.2. The monoisotopic (exact) mass is 728 g/mol. The molecule has 0 aromatic heterocycles. The Bertz CT molecular complexity index is 1810. The van der Waals surface area contributed by atoms with Crippen LogP contribution in [0.15, 0.2) is 66.4 Å². The van der Waals surface area contributed by atoms with Gasteiger partial charge in [0.05, 0.1) is 35.5 Å². The number of benzene rings is 3. The molecule has 0 bridgehead atoms. The average Bonchev–Trinajstić information content (AvgIpc) is 3.08. The zero-order valence-electron chi connectivity index (χ0n) is 29.1. The van der Waals surface area contributed by atoms with Crippen LogP contribution in [0.2, 0.25) is 5.02 Å². The van der Waals surface area contributed by atoms with Gasteiger partial charge in [-0.05, 0) is 87.9 Å². The first-order chi connectivity index (χ1) is 23.8. The van der Waals surface area contributed by atoms with Crippen LogP contribution in [0.4, 0.5) is 27.5 Å². The third kappa shape index (κ3) is 10.3. The second-order valence-corrected chi connectivity index (χ2v) is 13.3. The van der Waals surface area contributed by atoms with Gasteiger partial charge in [-0.25, -0.2) is 13.2 Å². The highest BCUT2D eigenvalue weighted by Gasteiger charge is 2.31. The van der Waals surface area contributed by atoms with E-state index in [1.165, 1.54) is 43.5 Å². The number of hydrogen-bond donors (Lipinski definition) is 5. The predicted octanol–water partition coefficient (Wildman–Crippen LogP) is 6.20. The van der Waals surface area contributed by atoms with Gasteiger partial charge in [0.15, 0.2) is 11.5 Å². The first kappa shape index (κ1) is 39.5. The van der Waals surface area contributed by atoms with Crippen molar-refractivity contribution in [3.8, 4) is 5.75 Å². The summed E-state index contributed by atoms with van der Waals surface area (Å²) in [4.78, 5) is 44.1. The van der Waals surface area contributed by atoms with Gasteiger partial charge < -0.3 is 30.7 Å². The Labute approximate surface area is 298 Å². The summed E-state index contributed by atoms with van der Waals surface area (Å²) in [6.07, 6.45) is 2.39. The molecular weight excluding hydrogens is 684 g/mol. The molecule has 3 rings (SSSR count). The number of aliphatic hydroxyl groups excluding tert-OH is 1. The molecule has 50 heavy (non-hydrogen) atoms. The minimum Gasteiger partial charge on any atom is -0.505 e. The number of aliphatic hydroxyl groups is 1. The van der Waals surface area contributed by atoms with Crippen molar-refractivity contribution in [2.75, 3.05) is 59.4 Å². The third-order valence-corrected chi connectivity index (χ3v) is 8.41. The van der Waals surface area contributed by atoms with Crippen LogP contribution in [-0.2, 0) is 14.8 Å². The van der Waals surface area contributed by atoms with E-state index in [1.54, 1.807) is 31.2 Å². The van der Waals surface area contributed by atoms with E-state index in [9.17, 15) is 27.9 Å². The number of ether oxygens (including phenoxy) is 1. The number of rotatable bonds is 16. The average molecular weight is 729 g/mol. The van der Waals surface area contributed by atoms with Crippen LogP contribution in [0.3, 0.4) is 0 Å². The number of nitrogens with one attached hydrogen (secondary N) is 4. The van der Waals surface area contributed by atoms with E-state index in [4.69, 9.17) is 16.3 Å². The van der Waals surface area contributed by atoms with Crippen LogP contribution in [0, 0.1) is 0 Å². The molecule has 3 aromatic carbocycles. The summed E-state index contributed by atoms with van der Waals surface area (Å²) < 4.78 is 32.0. The standard InChI is InChI=1S/C35H45ClN6O7S/c1-7-11-20-38-35(46)42(26-16-14-25(15-17-26)41(9-3)10-4)31(32(43)23-13-19-30(49-5)29(21-23)40-50(6,47)48)34(45)39-28-22-24(12-18-27(28)36)33(44)37-8-2/h12-19,21-22,40,43H,7-11,20H2,1-6H3,(H,37,44)(H,38,46)(H,39,45)/b32-31+. The summed E-state index contributed by atoms with van der Waals surface area (Å²) in [5.41, 5.74) is 0.845. The van der Waals surface area contributed by atoms with Crippen molar-refractivity contribution in [3.63, 3.8) is 0 Å². The number of halogens is 1. The summed E-state index contributed by atoms with van der Waals surface area (Å²) in [7, 11) is -2.44. The molecule has 0 aliphatic heterocycles. The van der Waals surface area contributed by atoms with Crippen LogP contribution >= 0.6 is 11.6 Å². The number of carbonyl (C=O) groups excluding carboxylic acids is 3. The van der Waals surface area contributed by atoms with E-state index in [0.717, 1.165) is 36.4 Å². The lowest BCUT2D eigenvalue weighted by Crippen LogP contribution is -2.43. The first-order valence-corrected chi connectivity index (χ1v) is 18.5. The Kier molecular flexibility index (Phi) is 14.3. The topological polar surface area (TPSA) is 169 Å². The van der Waals surface area contributed by atoms with Crippen molar-refractivity contribution >= 4 is 68.0 Å². The molecule has 15 heteroatoms. The second-order valence-electron chi connectivity index (χ2n) is 11.1.